The van der Waals surface area contributed by atoms with Gasteiger partial charge in [0.2, 0.25) is 0 Å². The molecule has 1 saturated carbocycles. The van der Waals surface area contributed by atoms with E-state index in [0.29, 0.717) is 18.2 Å². The zero-order valence-corrected chi connectivity index (χ0v) is 11.5. The minimum atomic E-state index is -0.194. The lowest BCUT2D eigenvalue weighted by molar-refractivity contribution is 0.0927. The van der Waals surface area contributed by atoms with E-state index >= 15 is 0 Å². The molecule has 0 spiro atoms. The molecule has 1 aromatic heterocycles. The number of fused-ring (bicyclic) bond motifs is 1. The summed E-state index contributed by atoms with van der Waals surface area (Å²) < 4.78 is 5.54. The Morgan fingerprint density at radius 2 is 2.26 bits per heavy atom. The Hall–Kier alpha value is -1.48. The monoisotopic (exact) mass is 277 g/mol. The third-order valence-corrected chi connectivity index (χ3v) is 4.00. The molecular formula is C15H16ClNO2. The smallest absolute Gasteiger partial charge is 0.287 e. The van der Waals surface area contributed by atoms with Crippen molar-refractivity contribution in [2.75, 3.05) is 6.54 Å². The van der Waals surface area contributed by atoms with Gasteiger partial charge in [-0.05, 0) is 43.9 Å². The normalized spacial score (nSPS) is 16.5. The quantitative estimate of drug-likeness (QED) is 0.869. The van der Waals surface area contributed by atoms with E-state index in [1.54, 1.807) is 6.07 Å². The Bertz CT molecular complexity index is 616. The Labute approximate surface area is 116 Å². The predicted molar refractivity (Wildman–Crippen MR) is 75.6 cm³/mol. The number of rotatable bonds is 4. The molecule has 3 rings (SSSR count). The molecule has 19 heavy (non-hydrogen) atoms. The fourth-order valence-corrected chi connectivity index (χ4v) is 2.51. The summed E-state index contributed by atoms with van der Waals surface area (Å²) in [6, 6.07) is 7.63. The molecule has 2 aromatic rings. The number of hydrogen-bond donors (Lipinski definition) is 1. The molecule has 100 valence electrons. The first-order valence-corrected chi connectivity index (χ1v) is 6.99. The molecule has 1 amide bonds. The number of benzene rings is 1. The van der Waals surface area contributed by atoms with Crippen LogP contribution in [0.3, 0.4) is 0 Å². The number of carbonyl (C=O) groups excluding carboxylic acids is 1. The molecule has 1 unspecified atom stereocenters. The topological polar surface area (TPSA) is 42.2 Å². The van der Waals surface area contributed by atoms with Crippen LogP contribution in [0.1, 0.15) is 29.0 Å². The van der Waals surface area contributed by atoms with Gasteiger partial charge in [0, 0.05) is 11.9 Å². The van der Waals surface area contributed by atoms with E-state index in [-0.39, 0.29) is 11.3 Å². The van der Waals surface area contributed by atoms with Crippen LogP contribution in [0.4, 0.5) is 0 Å². The molecule has 0 radical (unpaired) electrons. The van der Waals surface area contributed by atoms with Crippen LogP contribution in [0.5, 0.6) is 0 Å². The van der Waals surface area contributed by atoms with Crippen LogP contribution in [0.2, 0.25) is 0 Å². The number of alkyl halides is 1. The number of carbonyl (C=O) groups is 1. The standard InChI is InChI=1S/C15H16ClNO2/c1-9-2-5-13-11(6-9)7-14(19-13)15(18)17-8-12(16)10-3-4-10/h2,5-7,10,12H,3-4,8H2,1H3,(H,17,18). The van der Waals surface area contributed by atoms with Gasteiger partial charge in [-0.25, -0.2) is 0 Å². The lowest BCUT2D eigenvalue weighted by Crippen LogP contribution is -2.30. The SMILES string of the molecule is Cc1ccc2oc(C(=O)NCC(Cl)C3CC3)cc2c1. The highest BCUT2D eigenvalue weighted by atomic mass is 35.5. The van der Waals surface area contributed by atoms with Gasteiger partial charge in [-0.2, -0.15) is 0 Å². The van der Waals surface area contributed by atoms with E-state index in [2.05, 4.69) is 5.32 Å². The van der Waals surface area contributed by atoms with E-state index in [4.69, 9.17) is 16.0 Å². The van der Waals surface area contributed by atoms with Gasteiger partial charge < -0.3 is 9.73 Å². The van der Waals surface area contributed by atoms with Gasteiger partial charge >= 0.3 is 0 Å². The minimum Gasteiger partial charge on any atom is -0.451 e. The number of amides is 1. The summed E-state index contributed by atoms with van der Waals surface area (Å²) in [4.78, 5) is 12.0. The van der Waals surface area contributed by atoms with Crippen molar-refractivity contribution in [3.05, 3.63) is 35.6 Å². The summed E-state index contributed by atoms with van der Waals surface area (Å²) in [7, 11) is 0. The Morgan fingerprint density at radius 3 is 3.00 bits per heavy atom. The van der Waals surface area contributed by atoms with Crippen molar-refractivity contribution in [2.24, 2.45) is 5.92 Å². The summed E-state index contributed by atoms with van der Waals surface area (Å²) in [6.45, 7) is 2.51. The number of nitrogens with one attached hydrogen (secondary N) is 1. The molecule has 0 saturated heterocycles. The largest absolute Gasteiger partial charge is 0.451 e. The van der Waals surface area contributed by atoms with Crippen LogP contribution in [0.25, 0.3) is 11.0 Å². The molecule has 0 bridgehead atoms. The zero-order valence-electron chi connectivity index (χ0n) is 10.8. The van der Waals surface area contributed by atoms with Gasteiger partial charge in [0.05, 0.1) is 5.38 Å². The Balaban J connectivity index is 1.70. The third kappa shape index (κ3) is 2.76. The van der Waals surface area contributed by atoms with Crippen molar-refractivity contribution < 1.29 is 9.21 Å². The van der Waals surface area contributed by atoms with Crippen molar-refractivity contribution in [3.63, 3.8) is 0 Å². The first kappa shape index (κ1) is 12.5. The maximum Gasteiger partial charge on any atom is 0.287 e. The van der Waals surface area contributed by atoms with Gasteiger partial charge in [0.1, 0.15) is 5.58 Å². The summed E-state index contributed by atoms with van der Waals surface area (Å²) in [6.07, 6.45) is 2.35. The highest BCUT2D eigenvalue weighted by Gasteiger charge is 2.30. The van der Waals surface area contributed by atoms with E-state index in [1.165, 1.54) is 12.8 Å². The molecule has 1 heterocycles. The van der Waals surface area contributed by atoms with Crippen LogP contribution < -0.4 is 5.32 Å². The first-order valence-electron chi connectivity index (χ1n) is 6.56. The van der Waals surface area contributed by atoms with Gasteiger partial charge in [-0.1, -0.05) is 11.6 Å². The summed E-state index contributed by atoms with van der Waals surface area (Å²) in [5, 5.41) is 3.82. The minimum absolute atomic E-state index is 0.0376. The summed E-state index contributed by atoms with van der Waals surface area (Å²) >= 11 is 6.16. The molecule has 1 atom stereocenters. The highest BCUT2D eigenvalue weighted by Crippen LogP contribution is 2.35. The van der Waals surface area contributed by atoms with Gasteiger partial charge in [-0.15, -0.1) is 11.6 Å². The lowest BCUT2D eigenvalue weighted by Gasteiger charge is -2.07. The summed E-state index contributed by atoms with van der Waals surface area (Å²) in [5.41, 5.74) is 1.88. The Morgan fingerprint density at radius 1 is 1.47 bits per heavy atom. The van der Waals surface area contributed by atoms with E-state index in [1.807, 2.05) is 25.1 Å². The fourth-order valence-electron chi connectivity index (χ4n) is 2.18. The molecule has 1 fully saturated rings. The number of halogens is 1. The molecule has 1 aromatic carbocycles. The van der Waals surface area contributed by atoms with E-state index in [0.717, 1.165) is 16.5 Å². The van der Waals surface area contributed by atoms with Crippen LogP contribution in [0, 0.1) is 12.8 Å². The molecule has 1 N–H and O–H groups in total. The average molecular weight is 278 g/mol. The number of furan rings is 1. The summed E-state index contributed by atoms with van der Waals surface area (Å²) in [5.74, 6) is 0.723. The molecule has 1 aliphatic rings. The van der Waals surface area contributed by atoms with Crippen LogP contribution in [-0.4, -0.2) is 17.8 Å². The van der Waals surface area contributed by atoms with Crippen molar-refractivity contribution in [1.82, 2.24) is 5.32 Å². The predicted octanol–water partition coefficient (Wildman–Crippen LogP) is 3.49. The second kappa shape index (κ2) is 4.89. The van der Waals surface area contributed by atoms with Gasteiger partial charge in [-0.3, -0.25) is 4.79 Å². The van der Waals surface area contributed by atoms with Crippen LogP contribution in [-0.2, 0) is 0 Å². The lowest BCUT2D eigenvalue weighted by atomic mass is 10.2. The maximum atomic E-state index is 12.0. The van der Waals surface area contributed by atoms with E-state index in [9.17, 15) is 4.79 Å². The zero-order chi connectivity index (χ0) is 13.4. The van der Waals surface area contributed by atoms with Gasteiger partial charge in [0.25, 0.3) is 5.91 Å². The van der Waals surface area contributed by atoms with Crippen molar-refractivity contribution in [2.45, 2.75) is 25.1 Å². The second-order valence-electron chi connectivity index (χ2n) is 5.22. The van der Waals surface area contributed by atoms with Gasteiger partial charge in [0.15, 0.2) is 5.76 Å². The molecule has 1 aliphatic carbocycles. The number of aryl methyl sites for hydroxylation is 1. The average Bonchev–Trinajstić information content (AvgIpc) is 3.15. The molecule has 0 aliphatic heterocycles. The Kier molecular flexibility index (Phi) is 3.23. The highest BCUT2D eigenvalue weighted by molar-refractivity contribution is 6.21. The van der Waals surface area contributed by atoms with E-state index < -0.39 is 0 Å². The maximum absolute atomic E-state index is 12.0. The van der Waals surface area contributed by atoms with Crippen molar-refractivity contribution in [3.8, 4) is 0 Å². The molecular weight excluding hydrogens is 262 g/mol. The first-order chi connectivity index (χ1) is 9.13. The fraction of sp³-hybridized carbons (Fsp3) is 0.400. The number of hydrogen-bond acceptors (Lipinski definition) is 2. The molecule has 3 nitrogen and oxygen atoms in total. The van der Waals surface area contributed by atoms with Crippen LogP contribution >= 0.6 is 11.6 Å². The van der Waals surface area contributed by atoms with Crippen LogP contribution in [0.15, 0.2) is 28.7 Å². The molecule has 4 heteroatoms. The third-order valence-electron chi connectivity index (χ3n) is 3.49. The van der Waals surface area contributed by atoms with Crippen molar-refractivity contribution in [1.29, 1.82) is 0 Å². The second-order valence-corrected chi connectivity index (χ2v) is 5.78. The van der Waals surface area contributed by atoms with Crippen molar-refractivity contribution >= 4 is 28.5 Å².